The summed E-state index contributed by atoms with van der Waals surface area (Å²) in [6.45, 7) is 1.02. The van der Waals surface area contributed by atoms with Crippen LogP contribution in [0.5, 0.6) is 0 Å². The van der Waals surface area contributed by atoms with Gasteiger partial charge in [-0.15, -0.1) is 0 Å². The van der Waals surface area contributed by atoms with Crippen molar-refractivity contribution in [2.24, 2.45) is 5.92 Å². The smallest absolute Gasteiger partial charge is 0.225 e. The molecule has 6 nitrogen and oxygen atoms in total. The summed E-state index contributed by atoms with van der Waals surface area (Å²) < 4.78 is 23.7. The van der Waals surface area contributed by atoms with E-state index in [0.717, 1.165) is 5.56 Å². The molecule has 1 saturated heterocycles. The van der Waals surface area contributed by atoms with E-state index in [1.54, 1.807) is 42.5 Å². The number of furan rings is 1. The molecule has 2 amide bonds. The van der Waals surface area contributed by atoms with E-state index >= 15 is 0 Å². The molecule has 3 rings (SSSR count). The van der Waals surface area contributed by atoms with E-state index in [9.17, 15) is 14.0 Å². The molecular formula is C20H23FN2O4. The Morgan fingerprint density at radius 1 is 1.33 bits per heavy atom. The van der Waals surface area contributed by atoms with E-state index in [1.165, 1.54) is 12.1 Å². The largest absolute Gasteiger partial charge is 0.467 e. The Morgan fingerprint density at radius 2 is 2.11 bits per heavy atom. The molecule has 0 unspecified atom stereocenters. The van der Waals surface area contributed by atoms with Gasteiger partial charge in [0.25, 0.3) is 0 Å². The second-order valence-corrected chi connectivity index (χ2v) is 6.52. The second-order valence-electron chi connectivity index (χ2n) is 6.52. The Balaban J connectivity index is 1.83. The van der Waals surface area contributed by atoms with E-state index in [4.69, 9.17) is 9.15 Å². The number of ether oxygens (including phenoxy) is 1. The Kier molecular flexibility index (Phi) is 6.24. The van der Waals surface area contributed by atoms with Gasteiger partial charge in [-0.2, -0.15) is 0 Å². The zero-order valence-corrected chi connectivity index (χ0v) is 15.2. The third kappa shape index (κ3) is 4.54. The third-order valence-corrected chi connectivity index (χ3v) is 4.81. The van der Waals surface area contributed by atoms with Gasteiger partial charge in [0.2, 0.25) is 11.8 Å². The molecule has 2 aromatic rings. The number of amides is 2. The van der Waals surface area contributed by atoms with Crippen LogP contribution >= 0.6 is 0 Å². The van der Waals surface area contributed by atoms with Crippen molar-refractivity contribution in [3.8, 4) is 0 Å². The van der Waals surface area contributed by atoms with Crippen LogP contribution in [0.1, 0.15) is 30.2 Å². The first-order valence-electron chi connectivity index (χ1n) is 8.94. The summed E-state index contributed by atoms with van der Waals surface area (Å²) in [5.74, 6) is -0.319. The summed E-state index contributed by atoms with van der Waals surface area (Å²) in [7, 11) is 1.56. The number of carbonyl (C=O) groups excluding carboxylic acids is 2. The number of methoxy groups -OCH3 is 1. The molecule has 2 heterocycles. The van der Waals surface area contributed by atoms with Gasteiger partial charge in [0.05, 0.1) is 31.4 Å². The van der Waals surface area contributed by atoms with Crippen LogP contribution in [0.4, 0.5) is 4.39 Å². The fourth-order valence-corrected chi connectivity index (χ4v) is 3.47. The summed E-state index contributed by atoms with van der Waals surface area (Å²) >= 11 is 0. The summed E-state index contributed by atoms with van der Waals surface area (Å²) in [4.78, 5) is 27.1. The molecule has 1 fully saturated rings. The molecule has 2 atom stereocenters. The van der Waals surface area contributed by atoms with Crippen LogP contribution in [-0.4, -0.2) is 37.0 Å². The Morgan fingerprint density at radius 3 is 2.78 bits per heavy atom. The first-order chi connectivity index (χ1) is 13.1. The van der Waals surface area contributed by atoms with Gasteiger partial charge in [-0.3, -0.25) is 9.59 Å². The van der Waals surface area contributed by atoms with Crippen molar-refractivity contribution in [1.29, 1.82) is 0 Å². The highest BCUT2D eigenvalue weighted by Gasteiger charge is 2.40. The van der Waals surface area contributed by atoms with Crippen molar-refractivity contribution in [3.63, 3.8) is 0 Å². The van der Waals surface area contributed by atoms with Gasteiger partial charge in [0, 0.05) is 20.1 Å². The standard InChI is InChI=1S/C20H23FN2O4/c1-26-12-10-23-18(24)9-8-17(19(23)14-4-6-15(21)7-5-14)20(25)22-13-16-3-2-11-27-16/h2-7,11,17,19H,8-10,12-13H2,1H3,(H,22,25)/t17-,19+/m1/s1. The van der Waals surface area contributed by atoms with Crippen molar-refractivity contribution >= 4 is 11.8 Å². The number of nitrogens with one attached hydrogen (secondary N) is 1. The maximum atomic E-state index is 13.4. The normalized spacial score (nSPS) is 19.9. The van der Waals surface area contributed by atoms with Crippen LogP contribution in [-0.2, 0) is 20.9 Å². The summed E-state index contributed by atoms with van der Waals surface area (Å²) in [5, 5.41) is 2.88. The minimum absolute atomic E-state index is 0.0311. The minimum Gasteiger partial charge on any atom is -0.467 e. The molecule has 0 bridgehead atoms. The Bertz CT molecular complexity index is 761. The lowest BCUT2D eigenvalue weighted by Crippen LogP contribution is -2.49. The first-order valence-corrected chi connectivity index (χ1v) is 8.94. The fourth-order valence-electron chi connectivity index (χ4n) is 3.47. The minimum atomic E-state index is -0.460. The number of hydrogen-bond acceptors (Lipinski definition) is 4. The quantitative estimate of drug-likeness (QED) is 0.809. The highest BCUT2D eigenvalue weighted by Crippen LogP contribution is 2.37. The monoisotopic (exact) mass is 374 g/mol. The predicted molar refractivity (Wildman–Crippen MR) is 96.0 cm³/mol. The van der Waals surface area contributed by atoms with Crippen LogP contribution < -0.4 is 5.32 Å². The lowest BCUT2D eigenvalue weighted by atomic mass is 9.83. The summed E-state index contributed by atoms with van der Waals surface area (Å²) in [6, 6.07) is 9.04. The van der Waals surface area contributed by atoms with Crippen LogP contribution in [0.25, 0.3) is 0 Å². The predicted octanol–water partition coefficient (Wildman–Crippen LogP) is 2.66. The Hall–Kier alpha value is -2.67. The Labute approximate surface area is 157 Å². The van der Waals surface area contributed by atoms with E-state index in [1.807, 2.05) is 0 Å². The maximum Gasteiger partial charge on any atom is 0.225 e. The van der Waals surface area contributed by atoms with Crippen molar-refractivity contribution in [3.05, 3.63) is 59.8 Å². The molecule has 0 radical (unpaired) electrons. The first kappa shape index (κ1) is 19.1. The van der Waals surface area contributed by atoms with Gasteiger partial charge in [-0.25, -0.2) is 4.39 Å². The maximum absolute atomic E-state index is 13.4. The number of hydrogen-bond donors (Lipinski definition) is 1. The molecule has 1 N–H and O–H groups in total. The van der Waals surface area contributed by atoms with Crippen molar-refractivity contribution in [1.82, 2.24) is 10.2 Å². The van der Waals surface area contributed by atoms with Crippen LogP contribution in [0.2, 0.25) is 0 Å². The summed E-state index contributed by atoms with van der Waals surface area (Å²) in [5.41, 5.74) is 0.735. The molecule has 7 heteroatoms. The van der Waals surface area contributed by atoms with Crippen molar-refractivity contribution in [2.45, 2.75) is 25.4 Å². The van der Waals surface area contributed by atoms with E-state index < -0.39 is 12.0 Å². The van der Waals surface area contributed by atoms with Crippen LogP contribution in [0.15, 0.2) is 47.1 Å². The lowest BCUT2D eigenvalue weighted by Gasteiger charge is -2.40. The van der Waals surface area contributed by atoms with Gasteiger partial charge in [-0.1, -0.05) is 12.1 Å². The average molecular weight is 374 g/mol. The van der Waals surface area contributed by atoms with Gasteiger partial charge >= 0.3 is 0 Å². The zero-order chi connectivity index (χ0) is 19.2. The molecule has 1 aliphatic heterocycles. The van der Waals surface area contributed by atoms with Crippen LogP contribution in [0, 0.1) is 11.7 Å². The second kappa shape index (κ2) is 8.81. The average Bonchev–Trinajstić information content (AvgIpc) is 3.19. The molecule has 0 saturated carbocycles. The van der Waals surface area contributed by atoms with E-state index in [2.05, 4.69) is 5.32 Å². The van der Waals surface area contributed by atoms with Gasteiger partial charge < -0.3 is 19.4 Å². The molecule has 1 aromatic heterocycles. The number of halogens is 1. The number of piperidine rings is 1. The number of rotatable bonds is 7. The number of benzene rings is 1. The topological polar surface area (TPSA) is 71.8 Å². The van der Waals surface area contributed by atoms with Crippen LogP contribution in [0.3, 0.4) is 0 Å². The number of likely N-dealkylation sites (tertiary alicyclic amines) is 1. The highest BCUT2D eigenvalue weighted by atomic mass is 19.1. The van der Waals surface area contributed by atoms with E-state index in [-0.39, 0.29) is 24.2 Å². The van der Waals surface area contributed by atoms with Crippen molar-refractivity contribution in [2.75, 3.05) is 20.3 Å². The number of nitrogens with zero attached hydrogens (tertiary/aromatic N) is 1. The van der Waals surface area contributed by atoms with Gasteiger partial charge in [0.15, 0.2) is 0 Å². The van der Waals surface area contributed by atoms with Gasteiger partial charge in [-0.05, 0) is 36.2 Å². The fraction of sp³-hybridized carbons (Fsp3) is 0.400. The van der Waals surface area contributed by atoms with Crippen molar-refractivity contribution < 1.29 is 23.1 Å². The van der Waals surface area contributed by atoms with Gasteiger partial charge in [0.1, 0.15) is 11.6 Å². The SMILES string of the molecule is COCCN1C(=O)CC[C@@H](C(=O)NCc2ccco2)[C@@H]1c1ccc(F)cc1. The third-order valence-electron chi connectivity index (χ3n) is 4.81. The highest BCUT2D eigenvalue weighted by molar-refractivity contribution is 5.85. The summed E-state index contributed by atoms with van der Waals surface area (Å²) in [6.07, 6.45) is 2.28. The molecular weight excluding hydrogens is 351 g/mol. The molecule has 0 aliphatic carbocycles. The molecule has 27 heavy (non-hydrogen) atoms. The molecule has 144 valence electrons. The lowest BCUT2D eigenvalue weighted by molar-refractivity contribution is -0.144. The molecule has 0 spiro atoms. The zero-order valence-electron chi connectivity index (χ0n) is 15.2. The molecule has 1 aromatic carbocycles. The molecule has 1 aliphatic rings. The number of carbonyl (C=O) groups is 2. The van der Waals surface area contributed by atoms with E-state index in [0.29, 0.717) is 31.8 Å².